The van der Waals surface area contributed by atoms with Gasteiger partial charge in [-0.3, -0.25) is 4.98 Å². The van der Waals surface area contributed by atoms with Gasteiger partial charge in [0.25, 0.3) is 0 Å². The molecule has 2 nitrogen and oxygen atoms in total. The number of hydrogen-bond acceptors (Lipinski definition) is 2. The molecule has 1 unspecified atom stereocenters. The molecule has 0 aromatic carbocycles. The fraction of sp³-hybridized carbons (Fsp3) is 0.688. The predicted molar refractivity (Wildman–Crippen MR) is 78.7 cm³/mol. The molecule has 0 aliphatic carbocycles. The van der Waals surface area contributed by atoms with Crippen molar-refractivity contribution in [1.82, 2.24) is 10.3 Å². The van der Waals surface area contributed by atoms with E-state index in [0.29, 0.717) is 6.04 Å². The second-order valence-electron chi connectivity index (χ2n) is 5.00. The van der Waals surface area contributed by atoms with E-state index < -0.39 is 0 Å². The Morgan fingerprint density at radius 1 is 1.17 bits per heavy atom. The van der Waals surface area contributed by atoms with Gasteiger partial charge in [-0.05, 0) is 43.9 Å². The van der Waals surface area contributed by atoms with Crippen molar-refractivity contribution in [2.45, 2.75) is 58.9 Å². The minimum atomic E-state index is 0.641. The number of nitrogens with one attached hydrogen (secondary N) is 1. The number of hydrogen-bond donors (Lipinski definition) is 1. The Kier molecular flexibility index (Phi) is 7.66. The molecule has 1 N–H and O–H groups in total. The smallest absolute Gasteiger partial charge is 0.0404 e. The minimum Gasteiger partial charge on any atom is -0.314 e. The van der Waals surface area contributed by atoms with Crippen LogP contribution in [0.2, 0.25) is 0 Å². The first-order valence-electron chi connectivity index (χ1n) is 7.45. The van der Waals surface area contributed by atoms with E-state index >= 15 is 0 Å². The topological polar surface area (TPSA) is 24.9 Å². The SMILES string of the molecule is CCCNC(CCc1ccccn1)C(CC)CC. The Labute approximate surface area is 112 Å². The summed E-state index contributed by atoms with van der Waals surface area (Å²) in [7, 11) is 0. The molecule has 1 aromatic heterocycles. The average Bonchev–Trinajstić information content (AvgIpc) is 2.43. The van der Waals surface area contributed by atoms with Crippen LogP contribution >= 0.6 is 0 Å². The summed E-state index contributed by atoms with van der Waals surface area (Å²) in [5.74, 6) is 0.792. The summed E-state index contributed by atoms with van der Waals surface area (Å²) >= 11 is 0. The monoisotopic (exact) mass is 248 g/mol. The van der Waals surface area contributed by atoms with Gasteiger partial charge in [-0.15, -0.1) is 0 Å². The van der Waals surface area contributed by atoms with Crippen molar-refractivity contribution in [3.8, 4) is 0 Å². The number of pyridine rings is 1. The van der Waals surface area contributed by atoms with Gasteiger partial charge in [-0.1, -0.05) is 39.7 Å². The lowest BCUT2D eigenvalue weighted by Gasteiger charge is -2.26. The van der Waals surface area contributed by atoms with Gasteiger partial charge in [0.05, 0.1) is 0 Å². The van der Waals surface area contributed by atoms with Gasteiger partial charge in [0, 0.05) is 17.9 Å². The van der Waals surface area contributed by atoms with Crippen molar-refractivity contribution >= 4 is 0 Å². The lowest BCUT2D eigenvalue weighted by molar-refractivity contribution is 0.317. The van der Waals surface area contributed by atoms with E-state index in [4.69, 9.17) is 0 Å². The van der Waals surface area contributed by atoms with Gasteiger partial charge in [0.2, 0.25) is 0 Å². The molecule has 0 radical (unpaired) electrons. The Bertz CT molecular complexity index is 293. The molecule has 0 saturated carbocycles. The normalized spacial score (nSPS) is 12.9. The first-order chi connectivity index (χ1) is 8.81. The van der Waals surface area contributed by atoms with Crippen LogP contribution in [-0.4, -0.2) is 17.6 Å². The van der Waals surface area contributed by atoms with Crippen LogP contribution in [-0.2, 0) is 6.42 Å². The van der Waals surface area contributed by atoms with Gasteiger partial charge in [0.15, 0.2) is 0 Å². The summed E-state index contributed by atoms with van der Waals surface area (Å²) in [6, 6.07) is 6.83. The highest BCUT2D eigenvalue weighted by molar-refractivity contribution is 5.03. The highest BCUT2D eigenvalue weighted by Gasteiger charge is 2.17. The van der Waals surface area contributed by atoms with Gasteiger partial charge >= 0.3 is 0 Å². The maximum Gasteiger partial charge on any atom is 0.0404 e. The van der Waals surface area contributed by atoms with Crippen LogP contribution in [0.3, 0.4) is 0 Å². The molecule has 0 amide bonds. The molecule has 2 heteroatoms. The first kappa shape index (κ1) is 15.2. The van der Waals surface area contributed by atoms with Gasteiger partial charge < -0.3 is 5.32 Å². The molecular formula is C16H28N2. The molecule has 0 saturated heterocycles. The molecule has 1 heterocycles. The van der Waals surface area contributed by atoms with Crippen molar-refractivity contribution in [2.24, 2.45) is 5.92 Å². The van der Waals surface area contributed by atoms with Crippen molar-refractivity contribution < 1.29 is 0 Å². The molecule has 0 spiro atoms. The Balaban J connectivity index is 2.49. The average molecular weight is 248 g/mol. The molecule has 0 bridgehead atoms. The summed E-state index contributed by atoms with van der Waals surface area (Å²) in [6.45, 7) is 7.96. The quantitative estimate of drug-likeness (QED) is 0.718. The van der Waals surface area contributed by atoms with Gasteiger partial charge in [-0.25, -0.2) is 0 Å². The maximum absolute atomic E-state index is 4.41. The van der Waals surface area contributed by atoms with E-state index in [0.717, 1.165) is 18.9 Å². The van der Waals surface area contributed by atoms with Crippen LogP contribution in [0.1, 0.15) is 52.1 Å². The van der Waals surface area contributed by atoms with Gasteiger partial charge in [-0.2, -0.15) is 0 Å². The Hall–Kier alpha value is -0.890. The van der Waals surface area contributed by atoms with Crippen LogP contribution in [0, 0.1) is 5.92 Å². The summed E-state index contributed by atoms with van der Waals surface area (Å²) in [6.07, 6.45) is 7.91. The van der Waals surface area contributed by atoms with Crippen LogP contribution in [0.25, 0.3) is 0 Å². The largest absolute Gasteiger partial charge is 0.314 e. The number of aryl methyl sites for hydroxylation is 1. The number of rotatable bonds is 9. The second-order valence-corrected chi connectivity index (χ2v) is 5.00. The summed E-state index contributed by atoms with van der Waals surface area (Å²) in [4.78, 5) is 4.41. The second kappa shape index (κ2) is 9.09. The zero-order valence-corrected chi connectivity index (χ0v) is 12.2. The third kappa shape index (κ3) is 5.18. The zero-order chi connectivity index (χ0) is 13.2. The Morgan fingerprint density at radius 2 is 1.94 bits per heavy atom. The molecule has 18 heavy (non-hydrogen) atoms. The van der Waals surface area contributed by atoms with Crippen molar-refractivity contribution in [3.05, 3.63) is 30.1 Å². The van der Waals surface area contributed by atoms with Gasteiger partial charge in [0.1, 0.15) is 0 Å². The van der Waals surface area contributed by atoms with E-state index in [2.05, 4.69) is 43.2 Å². The summed E-state index contributed by atoms with van der Waals surface area (Å²) in [5, 5.41) is 3.71. The van der Waals surface area contributed by atoms with E-state index in [1.54, 1.807) is 0 Å². The maximum atomic E-state index is 4.41. The molecule has 0 aliphatic heterocycles. The van der Waals surface area contributed by atoms with Crippen LogP contribution in [0.4, 0.5) is 0 Å². The molecule has 0 aliphatic rings. The molecular weight excluding hydrogens is 220 g/mol. The predicted octanol–water partition coefficient (Wildman–Crippen LogP) is 3.82. The van der Waals surface area contributed by atoms with E-state index in [9.17, 15) is 0 Å². The highest BCUT2D eigenvalue weighted by Crippen LogP contribution is 2.17. The van der Waals surface area contributed by atoms with Crippen molar-refractivity contribution in [3.63, 3.8) is 0 Å². The summed E-state index contributed by atoms with van der Waals surface area (Å²) < 4.78 is 0. The fourth-order valence-corrected chi connectivity index (χ4v) is 2.54. The molecule has 102 valence electrons. The molecule has 1 rings (SSSR count). The summed E-state index contributed by atoms with van der Waals surface area (Å²) in [5.41, 5.74) is 1.21. The highest BCUT2D eigenvalue weighted by atomic mass is 14.9. The lowest BCUT2D eigenvalue weighted by Crippen LogP contribution is -2.36. The lowest BCUT2D eigenvalue weighted by atomic mass is 9.90. The first-order valence-corrected chi connectivity index (χ1v) is 7.45. The number of nitrogens with zero attached hydrogens (tertiary/aromatic N) is 1. The zero-order valence-electron chi connectivity index (χ0n) is 12.2. The van der Waals surface area contributed by atoms with Crippen LogP contribution < -0.4 is 5.32 Å². The third-order valence-electron chi connectivity index (χ3n) is 3.71. The van der Waals surface area contributed by atoms with Crippen LogP contribution in [0.15, 0.2) is 24.4 Å². The number of aromatic nitrogens is 1. The minimum absolute atomic E-state index is 0.641. The van der Waals surface area contributed by atoms with E-state index in [-0.39, 0.29) is 0 Å². The fourth-order valence-electron chi connectivity index (χ4n) is 2.54. The van der Waals surface area contributed by atoms with Crippen LogP contribution in [0.5, 0.6) is 0 Å². The van der Waals surface area contributed by atoms with Crippen molar-refractivity contribution in [1.29, 1.82) is 0 Å². The van der Waals surface area contributed by atoms with E-state index in [1.165, 1.54) is 31.4 Å². The molecule has 1 atom stereocenters. The van der Waals surface area contributed by atoms with E-state index in [1.807, 2.05) is 12.3 Å². The Morgan fingerprint density at radius 3 is 2.50 bits per heavy atom. The standard InChI is InChI=1S/C16H28N2/c1-4-12-18-16(14(5-2)6-3)11-10-15-9-7-8-13-17-15/h7-9,13-14,16,18H,4-6,10-12H2,1-3H3. The van der Waals surface area contributed by atoms with Crippen molar-refractivity contribution in [2.75, 3.05) is 6.54 Å². The molecule has 1 aromatic rings. The third-order valence-corrected chi connectivity index (χ3v) is 3.71. The molecule has 0 fully saturated rings.